The van der Waals surface area contributed by atoms with Crippen molar-refractivity contribution in [3.8, 4) is 5.75 Å². The van der Waals surface area contributed by atoms with Crippen LogP contribution in [-0.4, -0.2) is 23.9 Å². The van der Waals surface area contributed by atoms with Gasteiger partial charge in [-0.25, -0.2) is 4.79 Å². The summed E-state index contributed by atoms with van der Waals surface area (Å²) in [4.78, 5) is 15.0. The van der Waals surface area contributed by atoms with Crippen LogP contribution in [0.4, 0.5) is 5.69 Å². The van der Waals surface area contributed by atoms with Gasteiger partial charge in [0.25, 0.3) is 0 Å². The first-order valence-corrected chi connectivity index (χ1v) is 10.5. The molecule has 0 aliphatic carbocycles. The lowest BCUT2D eigenvalue weighted by Gasteiger charge is -2.06. The number of hydrogen-bond acceptors (Lipinski definition) is 3. The Balaban J connectivity index is 1.72. The van der Waals surface area contributed by atoms with E-state index in [0.717, 1.165) is 41.7 Å². The molecule has 0 saturated heterocycles. The number of rotatable bonds is 13. The smallest absolute Gasteiger partial charge is 0.328 e. The third kappa shape index (κ3) is 9.74. The van der Waals surface area contributed by atoms with Crippen molar-refractivity contribution in [2.75, 3.05) is 6.61 Å². The summed E-state index contributed by atoms with van der Waals surface area (Å²) in [6.07, 6.45) is 13.5. The molecule has 0 amide bonds. The second kappa shape index (κ2) is 13.3. The highest BCUT2D eigenvalue weighted by Crippen LogP contribution is 2.16. The van der Waals surface area contributed by atoms with Crippen LogP contribution in [0.2, 0.25) is 0 Å². The molecule has 0 fully saturated rings. The fourth-order valence-corrected chi connectivity index (χ4v) is 2.89. The van der Waals surface area contributed by atoms with Crippen LogP contribution in [0.3, 0.4) is 0 Å². The van der Waals surface area contributed by atoms with E-state index in [1.54, 1.807) is 6.08 Å². The third-order valence-electron chi connectivity index (χ3n) is 4.57. The summed E-state index contributed by atoms with van der Waals surface area (Å²) in [6, 6.07) is 15.3. The molecule has 0 atom stereocenters. The largest absolute Gasteiger partial charge is 0.494 e. The minimum absolute atomic E-state index is 0.768. The first-order valence-electron chi connectivity index (χ1n) is 10.5. The Morgan fingerprint density at radius 3 is 2.17 bits per heavy atom. The number of benzene rings is 2. The number of carboxylic acid groups (broad SMARTS) is 1. The molecule has 154 valence electrons. The second-order valence-corrected chi connectivity index (χ2v) is 7.06. The van der Waals surface area contributed by atoms with Crippen molar-refractivity contribution in [3.63, 3.8) is 0 Å². The van der Waals surface area contributed by atoms with Gasteiger partial charge in [-0.05, 0) is 60.0 Å². The Morgan fingerprint density at radius 1 is 0.897 bits per heavy atom. The number of carboxylic acids is 1. The van der Waals surface area contributed by atoms with E-state index < -0.39 is 5.97 Å². The summed E-state index contributed by atoms with van der Waals surface area (Å²) in [5, 5.41) is 8.65. The van der Waals surface area contributed by atoms with Gasteiger partial charge in [0.05, 0.1) is 12.3 Å². The molecular formula is C25H31NO3. The van der Waals surface area contributed by atoms with Crippen molar-refractivity contribution in [1.82, 2.24) is 0 Å². The minimum atomic E-state index is -0.957. The molecule has 0 saturated carbocycles. The highest BCUT2D eigenvalue weighted by molar-refractivity contribution is 5.85. The quantitative estimate of drug-likeness (QED) is 0.235. The highest BCUT2D eigenvalue weighted by atomic mass is 16.5. The summed E-state index contributed by atoms with van der Waals surface area (Å²) in [7, 11) is 0. The van der Waals surface area contributed by atoms with Crippen LogP contribution in [0.1, 0.15) is 63.0 Å². The molecule has 2 rings (SSSR count). The van der Waals surface area contributed by atoms with E-state index in [1.165, 1.54) is 38.5 Å². The van der Waals surface area contributed by atoms with Gasteiger partial charge in [-0.3, -0.25) is 4.99 Å². The van der Waals surface area contributed by atoms with E-state index in [9.17, 15) is 4.79 Å². The summed E-state index contributed by atoms with van der Waals surface area (Å²) in [5.74, 6) is -0.0652. The fraction of sp³-hybridized carbons (Fsp3) is 0.360. The number of hydrogen-bond donors (Lipinski definition) is 1. The lowest BCUT2D eigenvalue weighted by atomic mass is 10.1. The minimum Gasteiger partial charge on any atom is -0.494 e. The molecular weight excluding hydrogens is 362 g/mol. The SMILES string of the molecule is CCCCCCCCCOc1ccc(C=Nc2ccc(C=CC(=O)O)cc2)cc1. The molecule has 0 aliphatic heterocycles. The predicted molar refractivity (Wildman–Crippen MR) is 120 cm³/mol. The Hall–Kier alpha value is -2.88. The highest BCUT2D eigenvalue weighted by Gasteiger charge is 1.96. The molecule has 0 heterocycles. The Kier molecular flexibility index (Phi) is 10.3. The summed E-state index contributed by atoms with van der Waals surface area (Å²) in [6.45, 7) is 3.01. The van der Waals surface area contributed by atoms with E-state index >= 15 is 0 Å². The van der Waals surface area contributed by atoms with E-state index in [-0.39, 0.29) is 0 Å². The van der Waals surface area contributed by atoms with Crippen molar-refractivity contribution in [1.29, 1.82) is 0 Å². The lowest BCUT2D eigenvalue weighted by Crippen LogP contribution is -1.97. The normalized spacial score (nSPS) is 11.3. The molecule has 0 aliphatic rings. The van der Waals surface area contributed by atoms with Crippen LogP contribution >= 0.6 is 0 Å². The average molecular weight is 394 g/mol. The van der Waals surface area contributed by atoms with Gasteiger partial charge in [-0.1, -0.05) is 57.6 Å². The molecule has 2 aromatic carbocycles. The van der Waals surface area contributed by atoms with Gasteiger partial charge in [-0.15, -0.1) is 0 Å². The van der Waals surface area contributed by atoms with Crippen LogP contribution in [0.25, 0.3) is 6.08 Å². The maximum Gasteiger partial charge on any atom is 0.328 e. The molecule has 0 aromatic heterocycles. The molecule has 0 spiro atoms. The van der Waals surface area contributed by atoms with Crippen molar-refractivity contribution >= 4 is 23.9 Å². The zero-order valence-electron chi connectivity index (χ0n) is 17.2. The number of aliphatic imine (C=N–C) groups is 1. The van der Waals surface area contributed by atoms with Gasteiger partial charge in [-0.2, -0.15) is 0 Å². The van der Waals surface area contributed by atoms with Gasteiger partial charge >= 0.3 is 5.97 Å². The van der Waals surface area contributed by atoms with Gasteiger partial charge in [0.1, 0.15) is 5.75 Å². The van der Waals surface area contributed by atoms with Gasteiger partial charge in [0, 0.05) is 12.3 Å². The number of unbranched alkanes of at least 4 members (excludes halogenated alkanes) is 6. The van der Waals surface area contributed by atoms with Crippen LogP contribution in [0.15, 0.2) is 59.6 Å². The van der Waals surface area contributed by atoms with Crippen molar-refractivity contribution in [3.05, 3.63) is 65.7 Å². The number of ether oxygens (including phenoxy) is 1. The number of nitrogens with zero attached hydrogens (tertiary/aromatic N) is 1. The van der Waals surface area contributed by atoms with E-state index in [2.05, 4.69) is 11.9 Å². The van der Waals surface area contributed by atoms with Crippen molar-refractivity contribution < 1.29 is 14.6 Å². The van der Waals surface area contributed by atoms with E-state index in [4.69, 9.17) is 9.84 Å². The zero-order valence-corrected chi connectivity index (χ0v) is 17.2. The third-order valence-corrected chi connectivity index (χ3v) is 4.57. The molecule has 0 bridgehead atoms. The monoisotopic (exact) mass is 393 g/mol. The molecule has 4 nitrogen and oxygen atoms in total. The van der Waals surface area contributed by atoms with Crippen LogP contribution in [0, 0.1) is 0 Å². The molecule has 2 aromatic rings. The first kappa shape index (κ1) is 22.4. The first-order chi connectivity index (χ1) is 14.2. The number of carbonyl (C=O) groups is 1. The lowest BCUT2D eigenvalue weighted by molar-refractivity contribution is -0.131. The van der Waals surface area contributed by atoms with Gasteiger partial charge < -0.3 is 9.84 Å². The van der Waals surface area contributed by atoms with Crippen molar-refractivity contribution in [2.24, 2.45) is 4.99 Å². The summed E-state index contributed by atoms with van der Waals surface area (Å²) in [5.41, 5.74) is 2.65. The van der Waals surface area contributed by atoms with E-state index in [1.807, 2.05) is 54.7 Å². The Morgan fingerprint density at radius 2 is 1.52 bits per heavy atom. The van der Waals surface area contributed by atoms with Crippen LogP contribution in [-0.2, 0) is 4.79 Å². The summed E-state index contributed by atoms with van der Waals surface area (Å²) < 4.78 is 5.81. The van der Waals surface area contributed by atoms with Crippen LogP contribution < -0.4 is 4.74 Å². The fourth-order valence-electron chi connectivity index (χ4n) is 2.89. The zero-order chi connectivity index (χ0) is 20.7. The maximum atomic E-state index is 10.5. The Labute approximate surface area is 174 Å². The molecule has 1 N–H and O–H groups in total. The predicted octanol–water partition coefficient (Wildman–Crippen LogP) is 6.66. The van der Waals surface area contributed by atoms with Gasteiger partial charge in [0.15, 0.2) is 0 Å². The second-order valence-electron chi connectivity index (χ2n) is 7.06. The van der Waals surface area contributed by atoms with E-state index in [0.29, 0.717) is 0 Å². The molecule has 0 radical (unpaired) electrons. The van der Waals surface area contributed by atoms with Crippen molar-refractivity contribution in [2.45, 2.75) is 51.9 Å². The Bertz CT molecular complexity index is 777. The standard InChI is InChI=1S/C25H31NO3/c1-2-3-4-5-6-7-8-19-29-24-16-11-22(12-17-24)20-26-23-14-9-21(10-15-23)13-18-25(27)28/h9-18,20H,2-8,19H2,1H3,(H,27,28). The average Bonchev–Trinajstić information content (AvgIpc) is 2.74. The summed E-state index contributed by atoms with van der Waals surface area (Å²) >= 11 is 0. The molecule has 0 unspecified atom stereocenters. The van der Waals surface area contributed by atoms with Crippen LogP contribution in [0.5, 0.6) is 5.75 Å². The number of aliphatic carboxylic acids is 1. The molecule has 29 heavy (non-hydrogen) atoms. The topological polar surface area (TPSA) is 58.9 Å². The maximum absolute atomic E-state index is 10.5. The van der Waals surface area contributed by atoms with Gasteiger partial charge in [0.2, 0.25) is 0 Å². The molecule has 4 heteroatoms.